The number of rotatable bonds is 5. The van der Waals surface area contributed by atoms with Crippen molar-refractivity contribution in [2.24, 2.45) is 0 Å². The van der Waals surface area contributed by atoms with Crippen molar-refractivity contribution in [2.45, 2.75) is 13.0 Å². The van der Waals surface area contributed by atoms with Gasteiger partial charge >= 0.3 is 11.9 Å². The van der Waals surface area contributed by atoms with E-state index < -0.39 is 34.7 Å². The third-order valence-corrected chi connectivity index (χ3v) is 2.06. The smallest absolute Gasteiger partial charge is 0.321 e. The second kappa shape index (κ2) is 4.83. The zero-order valence-corrected chi connectivity index (χ0v) is 7.13. The highest BCUT2D eigenvalue weighted by Crippen LogP contribution is 1.84. The molecule has 3 N–H and O–H groups in total. The first kappa shape index (κ1) is 11.1. The van der Waals surface area contributed by atoms with Crippen molar-refractivity contribution in [1.82, 2.24) is 4.72 Å². The fourth-order valence-corrected chi connectivity index (χ4v) is 1.20. The Morgan fingerprint density at radius 1 is 1.50 bits per heavy atom. The largest absolute Gasteiger partial charge is 0.481 e. The maximum Gasteiger partial charge on any atom is 0.321 e. The van der Waals surface area contributed by atoms with Crippen LogP contribution in [0.15, 0.2) is 0 Å². The van der Waals surface area contributed by atoms with Crippen LogP contribution in [-0.2, 0) is 20.6 Å². The number of hydrogen-bond acceptors (Lipinski definition) is 3. The molecule has 0 radical (unpaired) electrons. The van der Waals surface area contributed by atoms with Gasteiger partial charge in [0.05, 0.1) is 0 Å². The molecule has 2 atom stereocenters. The molecule has 0 aromatic heterocycles. The molecule has 0 aliphatic rings. The van der Waals surface area contributed by atoms with E-state index in [4.69, 9.17) is 10.2 Å². The summed E-state index contributed by atoms with van der Waals surface area (Å²) in [6, 6.07) is -1.01. The number of aliphatic carboxylic acids is 2. The minimum atomic E-state index is -1.83. The summed E-state index contributed by atoms with van der Waals surface area (Å²) in [5.41, 5.74) is 0. The van der Waals surface area contributed by atoms with Crippen molar-refractivity contribution >= 4 is 22.9 Å². The molecule has 0 saturated heterocycles. The lowest BCUT2D eigenvalue weighted by Gasteiger charge is -2.05. The Labute approximate surface area is 71.2 Å². The molecule has 0 heterocycles. The molecule has 0 aromatic carbocycles. The van der Waals surface area contributed by atoms with E-state index in [0.717, 1.165) is 0 Å². The molecule has 0 spiro atoms. The summed E-state index contributed by atoms with van der Waals surface area (Å²) in [6.45, 7) is 1.28. The predicted octanol–water partition coefficient (Wildman–Crippen LogP) is -1.20. The van der Waals surface area contributed by atoms with Crippen LogP contribution in [0, 0.1) is 0 Å². The van der Waals surface area contributed by atoms with Crippen LogP contribution in [0.25, 0.3) is 0 Å². The molecule has 0 amide bonds. The summed E-state index contributed by atoms with van der Waals surface area (Å²) < 4.78 is 12.8. The highest BCUT2D eigenvalue weighted by molar-refractivity contribution is 7.83. The maximum absolute atomic E-state index is 10.7. The van der Waals surface area contributed by atoms with Gasteiger partial charge < -0.3 is 10.2 Å². The van der Waals surface area contributed by atoms with Crippen molar-refractivity contribution in [1.29, 1.82) is 0 Å². The Hall–Kier alpha value is -0.950. The van der Waals surface area contributed by atoms with Gasteiger partial charge in [-0.3, -0.25) is 9.59 Å². The Balaban J connectivity index is 3.85. The highest BCUT2D eigenvalue weighted by atomic mass is 32.2. The number of carbonyl (C=O) groups is 2. The molecule has 12 heavy (non-hydrogen) atoms. The first-order valence-corrected chi connectivity index (χ1v) is 4.34. The van der Waals surface area contributed by atoms with Crippen LogP contribution in [0.1, 0.15) is 6.92 Å². The third kappa shape index (κ3) is 4.80. The van der Waals surface area contributed by atoms with E-state index in [1.165, 1.54) is 6.92 Å². The molecule has 70 valence electrons. The van der Waals surface area contributed by atoms with E-state index >= 15 is 0 Å². The van der Waals surface area contributed by atoms with E-state index in [1.54, 1.807) is 0 Å². The molecule has 6 nitrogen and oxygen atoms in total. The van der Waals surface area contributed by atoms with Gasteiger partial charge in [-0.25, -0.2) is 8.93 Å². The number of nitrogens with one attached hydrogen (secondary N) is 1. The molecule has 0 fully saturated rings. The van der Waals surface area contributed by atoms with Crippen LogP contribution in [0.2, 0.25) is 0 Å². The van der Waals surface area contributed by atoms with E-state index in [2.05, 4.69) is 4.72 Å². The predicted molar refractivity (Wildman–Crippen MR) is 40.9 cm³/mol. The molecule has 0 rings (SSSR count). The van der Waals surface area contributed by atoms with E-state index in [1.807, 2.05) is 0 Å². The quantitative estimate of drug-likeness (QED) is 0.511. The van der Waals surface area contributed by atoms with Crippen molar-refractivity contribution in [3.05, 3.63) is 0 Å². The Morgan fingerprint density at radius 2 is 2.00 bits per heavy atom. The van der Waals surface area contributed by atoms with Gasteiger partial charge in [0.25, 0.3) is 0 Å². The van der Waals surface area contributed by atoms with Gasteiger partial charge in [0.1, 0.15) is 22.8 Å². The topological polar surface area (TPSA) is 104 Å². The minimum absolute atomic E-state index is 0.600. The monoisotopic (exact) mass is 195 g/mol. The van der Waals surface area contributed by atoms with Gasteiger partial charge in [-0.05, 0) is 6.92 Å². The molecule has 0 aliphatic heterocycles. The fourth-order valence-electron chi connectivity index (χ4n) is 0.401. The van der Waals surface area contributed by atoms with Crippen molar-refractivity contribution in [3.63, 3.8) is 0 Å². The van der Waals surface area contributed by atoms with Crippen LogP contribution >= 0.6 is 0 Å². The molecule has 0 saturated carbocycles. The Bertz CT molecular complexity index is 216. The summed E-state index contributed by atoms with van der Waals surface area (Å²) in [5.74, 6) is -3.01. The van der Waals surface area contributed by atoms with Crippen molar-refractivity contribution in [2.75, 3.05) is 5.75 Å². The van der Waals surface area contributed by atoms with Gasteiger partial charge in [-0.15, -0.1) is 0 Å². The molecule has 0 aromatic rings. The minimum Gasteiger partial charge on any atom is -0.481 e. The number of carboxylic acid groups (broad SMARTS) is 2. The second-order valence-electron chi connectivity index (χ2n) is 2.06. The average molecular weight is 195 g/mol. The van der Waals surface area contributed by atoms with Gasteiger partial charge in [0, 0.05) is 0 Å². The lowest BCUT2D eigenvalue weighted by Crippen LogP contribution is -2.37. The number of carboxylic acids is 2. The van der Waals surface area contributed by atoms with E-state index in [9.17, 15) is 13.8 Å². The Kier molecular flexibility index (Phi) is 4.45. The summed E-state index contributed by atoms with van der Waals surface area (Å²) >= 11 is 0. The molecular weight excluding hydrogens is 186 g/mol. The number of hydrogen-bond donors (Lipinski definition) is 3. The normalized spacial score (nSPS) is 15.1. The molecule has 0 bridgehead atoms. The lowest BCUT2D eigenvalue weighted by molar-refractivity contribution is -0.138. The van der Waals surface area contributed by atoms with Gasteiger partial charge in [0.2, 0.25) is 0 Å². The van der Waals surface area contributed by atoms with Gasteiger partial charge in [-0.2, -0.15) is 0 Å². The zero-order chi connectivity index (χ0) is 9.72. The molecule has 7 heteroatoms. The van der Waals surface area contributed by atoms with Gasteiger partial charge in [-0.1, -0.05) is 0 Å². The van der Waals surface area contributed by atoms with Crippen LogP contribution in [-0.4, -0.2) is 38.2 Å². The standard InChI is InChI=1S/C5H9NO5S/c1-3(5(9)10)6-12(11)2-4(7)8/h3,6H,2H2,1H3,(H,7,8)(H,9,10)/t3-,12?/m1/s1. The maximum atomic E-state index is 10.7. The molecule has 0 aliphatic carbocycles. The van der Waals surface area contributed by atoms with Gasteiger partial charge in [0.15, 0.2) is 0 Å². The molecular formula is C5H9NO5S. The van der Waals surface area contributed by atoms with E-state index in [0.29, 0.717) is 0 Å². The summed E-state index contributed by atoms with van der Waals surface area (Å²) in [7, 11) is -1.83. The lowest BCUT2D eigenvalue weighted by atomic mass is 10.4. The fraction of sp³-hybridized carbons (Fsp3) is 0.600. The van der Waals surface area contributed by atoms with Crippen molar-refractivity contribution < 1.29 is 24.0 Å². The van der Waals surface area contributed by atoms with E-state index in [-0.39, 0.29) is 0 Å². The summed E-state index contributed by atoms with van der Waals surface area (Å²) in [6.07, 6.45) is 0. The first-order chi connectivity index (χ1) is 5.43. The third-order valence-electron chi connectivity index (χ3n) is 0.933. The summed E-state index contributed by atoms with van der Waals surface area (Å²) in [4.78, 5) is 20.2. The van der Waals surface area contributed by atoms with Crippen LogP contribution in [0.4, 0.5) is 0 Å². The SMILES string of the molecule is C[C@@H](NS(=O)CC(=O)O)C(=O)O. The average Bonchev–Trinajstić information content (AvgIpc) is 1.84. The van der Waals surface area contributed by atoms with Crippen LogP contribution in [0.3, 0.4) is 0 Å². The molecule has 1 unspecified atom stereocenters. The zero-order valence-electron chi connectivity index (χ0n) is 6.31. The van der Waals surface area contributed by atoms with Crippen LogP contribution in [0.5, 0.6) is 0 Å². The first-order valence-electron chi connectivity index (χ1n) is 3.02. The second-order valence-corrected chi connectivity index (χ2v) is 3.28. The highest BCUT2D eigenvalue weighted by Gasteiger charge is 2.14. The Morgan fingerprint density at radius 3 is 2.33 bits per heavy atom. The summed E-state index contributed by atoms with van der Waals surface area (Å²) in [5, 5.41) is 16.5. The van der Waals surface area contributed by atoms with Crippen LogP contribution < -0.4 is 4.72 Å². The van der Waals surface area contributed by atoms with Crippen molar-refractivity contribution in [3.8, 4) is 0 Å².